The predicted octanol–water partition coefficient (Wildman–Crippen LogP) is 2.28. The van der Waals surface area contributed by atoms with Crippen LogP contribution in [0.25, 0.3) is 0 Å². The molecule has 2 aromatic rings. The van der Waals surface area contributed by atoms with Crippen LogP contribution in [0, 0.1) is 0 Å². The van der Waals surface area contributed by atoms with Gasteiger partial charge in [0.2, 0.25) is 6.79 Å². The van der Waals surface area contributed by atoms with Crippen molar-refractivity contribution in [3.63, 3.8) is 0 Å². The maximum atomic E-state index is 12.1. The Hall–Kier alpha value is -2.83. The average molecular weight is 300 g/mol. The number of hydrogen-bond acceptors (Lipinski definition) is 6. The van der Waals surface area contributed by atoms with Crippen LogP contribution >= 0.6 is 0 Å². The Morgan fingerprint density at radius 1 is 1.23 bits per heavy atom. The van der Waals surface area contributed by atoms with Crippen molar-refractivity contribution in [1.29, 1.82) is 0 Å². The molecule has 0 spiro atoms. The van der Waals surface area contributed by atoms with Crippen molar-refractivity contribution in [2.75, 3.05) is 24.0 Å². The topological polar surface area (TPSA) is 85.4 Å². The van der Waals surface area contributed by atoms with Crippen molar-refractivity contribution in [3.8, 4) is 11.5 Å². The number of ether oxygens (including phenoxy) is 2. The molecule has 0 saturated heterocycles. The first-order valence-corrected chi connectivity index (χ1v) is 7.03. The monoisotopic (exact) mass is 300 g/mol. The zero-order valence-electron chi connectivity index (χ0n) is 12.1. The lowest BCUT2D eigenvalue weighted by molar-refractivity contribution is 0.102. The second kappa shape index (κ2) is 6.30. The van der Waals surface area contributed by atoms with Gasteiger partial charge in [-0.05, 0) is 18.6 Å². The number of hydrogen-bond donors (Lipinski definition) is 2. The van der Waals surface area contributed by atoms with Crippen LogP contribution in [0.15, 0.2) is 30.6 Å². The Kier molecular flexibility index (Phi) is 4.04. The summed E-state index contributed by atoms with van der Waals surface area (Å²) in [5.74, 6) is 1.61. The number of nitrogens with one attached hydrogen (secondary N) is 2. The lowest BCUT2D eigenvalue weighted by Crippen LogP contribution is -2.14. The smallest absolute Gasteiger partial charge is 0.275 e. The Bertz CT molecular complexity index is 673. The van der Waals surface area contributed by atoms with E-state index in [2.05, 4.69) is 27.5 Å². The summed E-state index contributed by atoms with van der Waals surface area (Å²) in [5, 5.41) is 5.86. The number of carbonyl (C=O) groups excluding carboxylic acids is 1. The number of anilines is 2. The largest absolute Gasteiger partial charge is 0.454 e. The highest BCUT2D eigenvalue weighted by Crippen LogP contribution is 2.34. The molecule has 0 bridgehead atoms. The van der Waals surface area contributed by atoms with Gasteiger partial charge in [-0.25, -0.2) is 9.97 Å². The summed E-state index contributed by atoms with van der Waals surface area (Å²) >= 11 is 0. The summed E-state index contributed by atoms with van der Waals surface area (Å²) in [6.45, 7) is 3.08. The van der Waals surface area contributed by atoms with Crippen LogP contribution in [0.2, 0.25) is 0 Å². The third-order valence-corrected chi connectivity index (χ3v) is 3.07. The van der Waals surface area contributed by atoms with Gasteiger partial charge < -0.3 is 20.1 Å². The molecule has 0 unspecified atom stereocenters. The van der Waals surface area contributed by atoms with E-state index >= 15 is 0 Å². The second-order valence-corrected chi connectivity index (χ2v) is 4.74. The van der Waals surface area contributed by atoms with Crippen LogP contribution in [0.1, 0.15) is 23.8 Å². The van der Waals surface area contributed by atoms with Crippen molar-refractivity contribution in [2.24, 2.45) is 0 Å². The van der Waals surface area contributed by atoms with E-state index in [1.165, 1.54) is 6.20 Å². The molecule has 3 rings (SSSR count). The predicted molar refractivity (Wildman–Crippen MR) is 81.3 cm³/mol. The van der Waals surface area contributed by atoms with Crippen LogP contribution in [0.5, 0.6) is 11.5 Å². The molecular formula is C15H16N4O3. The summed E-state index contributed by atoms with van der Waals surface area (Å²) in [4.78, 5) is 20.4. The van der Waals surface area contributed by atoms with Crippen LogP contribution in [-0.4, -0.2) is 29.2 Å². The van der Waals surface area contributed by atoms with E-state index in [1.807, 2.05) is 0 Å². The lowest BCUT2D eigenvalue weighted by atomic mass is 10.2. The highest BCUT2D eigenvalue weighted by atomic mass is 16.7. The fourth-order valence-corrected chi connectivity index (χ4v) is 1.96. The maximum Gasteiger partial charge on any atom is 0.275 e. The number of aromatic nitrogens is 2. The van der Waals surface area contributed by atoms with Gasteiger partial charge >= 0.3 is 0 Å². The quantitative estimate of drug-likeness (QED) is 0.881. The summed E-state index contributed by atoms with van der Waals surface area (Å²) in [7, 11) is 0. The zero-order chi connectivity index (χ0) is 15.4. The molecule has 114 valence electrons. The van der Waals surface area contributed by atoms with Gasteiger partial charge in [0.1, 0.15) is 11.5 Å². The Morgan fingerprint density at radius 2 is 2.09 bits per heavy atom. The molecule has 1 aromatic carbocycles. The molecule has 0 radical (unpaired) electrons. The highest BCUT2D eigenvalue weighted by molar-refractivity contribution is 6.02. The highest BCUT2D eigenvalue weighted by Gasteiger charge is 2.15. The molecule has 1 aliphatic rings. The van der Waals surface area contributed by atoms with Crippen molar-refractivity contribution >= 4 is 17.4 Å². The normalized spacial score (nSPS) is 12.0. The molecule has 22 heavy (non-hydrogen) atoms. The fourth-order valence-electron chi connectivity index (χ4n) is 1.96. The molecule has 0 atom stereocenters. The number of rotatable bonds is 5. The minimum Gasteiger partial charge on any atom is -0.454 e. The number of carbonyl (C=O) groups is 1. The molecule has 2 N–H and O–H groups in total. The van der Waals surface area contributed by atoms with Gasteiger partial charge in [-0.3, -0.25) is 4.79 Å². The van der Waals surface area contributed by atoms with E-state index in [0.717, 1.165) is 13.0 Å². The van der Waals surface area contributed by atoms with E-state index < -0.39 is 0 Å². The van der Waals surface area contributed by atoms with Crippen molar-refractivity contribution in [1.82, 2.24) is 9.97 Å². The molecule has 2 heterocycles. The van der Waals surface area contributed by atoms with Crippen LogP contribution < -0.4 is 20.1 Å². The van der Waals surface area contributed by atoms with Gasteiger partial charge in [-0.2, -0.15) is 0 Å². The first kappa shape index (κ1) is 14.1. The first-order valence-electron chi connectivity index (χ1n) is 7.03. The average Bonchev–Trinajstić information content (AvgIpc) is 3.01. The third kappa shape index (κ3) is 3.08. The van der Waals surface area contributed by atoms with Gasteiger partial charge in [0.15, 0.2) is 11.5 Å². The van der Waals surface area contributed by atoms with Gasteiger partial charge in [0, 0.05) is 18.3 Å². The molecule has 1 aliphatic heterocycles. The minimum absolute atomic E-state index is 0.199. The summed E-state index contributed by atoms with van der Waals surface area (Å²) in [6, 6.07) is 5.21. The fraction of sp³-hybridized carbons (Fsp3) is 0.267. The molecule has 0 saturated carbocycles. The first-order chi connectivity index (χ1) is 10.8. The maximum absolute atomic E-state index is 12.1. The zero-order valence-corrected chi connectivity index (χ0v) is 12.1. The molecule has 1 amide bonds. The molecule has 1 aromatic heterocycles. The Balaban J connectivity index is 1.66. The summed E-state index contributed by atoms with van der Waals surface area (Å²) in [6.07, 6.45) is 3.98. The molecular weight excluding hydrogens is 284 g/mol. The third-order valence-electron chi connectivity index (χ3n) is 3.07. The minimum atomic E-state index is -0.326. The van der Waals surface area contributed by atoms with Gasteiger partial charge in [0.25, 0.3) is 5.91 Å². The molecule has 7 nitrogen and oxygen atoms in total. The van der Waals surface area contributed by atoms with E-state index in [0.29, 0.717) is 23.0 Å². The van der Waals surface area contributed by atoms with Crippen LogP contribution in [-0.2, 0) is 0 Å². The summed E-state index contributed by atoms with van der Waals surface area (Å²) in [5.41, 5.74) is 0.865. The number of nitrogens with zero attached hydrogens (tertiary/aromatic N) is 2. The van der Waals surface area contributed by atoms with Crippen molar-refractivity contribution < 1.29 is 14.3 Å². The van der Waals surface area contributed by atoms with E-state index in [-0.39, 0.29) is 18.4 Å². The van der Waals surface area contributed by atoms with E-state index in [4.69, 9.17) is 9.47 Å². The van der Waals surface area contributed by atoms with Gasteiger partial charge in [-0.1, -0.05) is 6.92 Å². The number of fused-ring (bicyclic) bond motifs is 1. The Labute approximate surface area is 127 Å². The Morgan fingerprint density at radius 3 is 2.86 bits per heavy atom. The molecule has 0 fully saturated rings. The molecule has 7 heteroatoms. The lowest BCUT2D eigenvalue weighted by Gasteiger charge is -2.06. The van der Waals surface area contributed by atoms with Gasteiger partial charge in [0.05, 0.1) is 12.4 Å². The number of benzene rings is 1. The van der Waals surface area contributed by atoms with Crippen molar-refractivity contribution in [3.05, 3.63) is 36.3 Å². The van der Waals surface area contributed by atoms with E-state index in [9.17, 15) is 4.79 Å². The van der Waals surface area contributed by atoms with Crippen molar-refractivity contribution in [2.45, 2.75) is 13.3 Å². The standard InChI is InChI=1S/C15H16N4O3/c1-2-5-16-14-8-17-11(7-18-14)15(20)19-10-3-4-12-13(6-10)22-9-21-12/h3-4,6-8H,2,5,9H2,1H3,(H,16,18)(H,19,20). The number of amides is 1. The molecule has 0 aliphatic carbocycles. The second-order valence-electron chi connectivity index (χ2n) is 4.74. The van der Waals surface area contributed by atoms with Crippen LogP contribution in [0.4, 0.5) is 11.5 Å². The summed E-state index contributed by atoms with van der Waals surface area (Å²) < 4.78 is 10.5. The van der Waals surface area contributed by atoms with Crippen LogP contribution in [0.3, 0.4) is 0 Å². The van der Waals surface area contributed by atoms with E-state index in [1.54, 1.807) is 24.4 Å². The SMILES string of the molecule is CCCNc1cnc(C(=O)Nc2ccc3c(c2)OCO3)cn1. The van der Waals surface area contributed by atoms with Gasteiger partial charge in [-0.15, -0.1) is 0 Å².